The van der Waals surface area contributed by atoms with Gasteiger partial charge in [-0.2, -0.15) is 0 Å². The van der Waals surface area contributed by atoms with Gasteiger partial charge in [0.2, 0.25) is 0 Å². The van der Waals surface area contributed by atoms with Crippen LogP contribution in [0.1, 0.15) is 11.1 Å². The standard InChI is InChI=1S/C19H16N2O6/c1-11-8-17(22)27-16-9-14(6-7-15(11)16)21-19(25)26-10-12-2-4-13(5-3-12)20-18(23)24/h2-9,20H,10H2,1H3,(H,21,25)(H,23,24). The summed E-state index contributed by atoms with van der Waals surface area (Å²) in [6, 6.07) is 12.8. The van der Waals surface area contributed by atoms with Crippen LogP contribution in [-0.4, -0.2) is 17.3 Å². The van der Waals surface area contributed by atoms with Gasteiger partial charge in [-0.3, -0.25) is 10.6 Å². The Labute approximate surface area is 153 Å². The van der Waals surface area contributed by atoms with Crippen LogP contribution in [0.15, 0.2) is 57.7 Å². The van der Waals surface area contributed by atoms with Crippen LogP contribution in [-0.2, 0) is 11.3 Å². The first-order valence-electron chi connectivity index (χ1n) is 7.98. The molecule has 1 heterocycles. The molecule has 8 nitrogen and oxygen atoms in total. The number of hydrogen-bond acceptors (Lipinski definition) is 5. The number of rotatable bonds is 4. The fourth-order valence-corrected chi connectivity index (χ4v) is 2.51. The summed E-state index contributed by atoms with van der Waals surface area (Å²) in [4.78, 5) is 34.0. The van der Waals surface area contributed by atoms with Crippen LogP contribution in [0.4, 0.5) is 21.0 Å². The third kappa shape index (κ3) is 4.63. The summed E-state index contributed by atoms with van der Waals surface area (Å²) in [6.07, 6.45) is -1.82. The first-order valence-corrected chi connectivity index (χ1v) is 7.98. The van der Waals surface area contributed by atoms with Gasteiger partial charge in [-0.1, -0.05) is 12.1 Å². The molecule has 3 aromatic rings. The molecule has 0 aliphatic heterocycles. The fourth-order valence-electron chi connectivity index (χ4n) is 2.51. The molecule has 0 unspecified atom stereocenters. The van der Waals surface area contributed by atoms with Crippen molar-refractivity contribution >= 4 is 34.5 Å². The Hall–Kier alpha value is -3.81. The second-order valence-corrected chi connectivity index (χ2v) is 5.79. The van der Waals surface area contributed by atoms with Gasteiger partial charge in [0.1, 0.15) is 12.2 Å². The Kier molecular flexibility index (Phi) is 5.07. The Morgan fingerprint density at radius 3 is 2.44 bits per heavy atom. The Bertz CT molecular complexity index is 1060. The molecule has 0 aliphatic rings. The van der Waals surface area contributed by atoms with E-state index >= 15 is 0 Å². The lowest BCUT2D eigenvalue weighted by molar-refractivity contribution is 0.155. The highest BCUT2D eigenvalue weighted by Gasteiger charge is 2.08. The van der Waals surface area contributed by atoms with Crippen LogP contribution >= 0.6 is 0 Å². The molecule has 0 bridgehead atoms. The van der Waals surface area contributed by atoms with E-state index in [1.165, 1.54) is 6.07 Å². The summed E-state index contributed by atoms with van der Waals surface area (Å²) in [6.45, 7) is 1.82. The molecule has 3 rings (SSSR count). The molecule has 2 amide bonds. The second kappa shape index (κ2) is 7.61. The van der Waals surface area contributed by atoms with Gasteiger partial charge in [0.25, 0.3) is 0 Å². The fraction of sp³-hybridized carbons (Fsp3) is 0.105. The Morgan fingerprint density at radius 1 is 1.04 bits per heavy atom. The van der Waals surface area contributed by atoms with Gasteiger partial charge in [-0.05, 0) is 42.3 Å². The number of carboxylic acid groups (broad SMARTS) is 1. The predicted molar refractivity (Wildman–Crippen MR) is 99.1 cm³/mol. The molecule has 0 aliphatic carbocycles. The summed E-state index contributed by atoms with van der Waals surface area (Å²) in [5, 5.41) is 14.2. The van der Waals surface area contributed by atoms with Gasteiger partial charge >= 0.3 is 17.8 Å². The van der Waals surface area contributed by atoms with Crippen LogP contribution in [0.5, 0.6) is 0 Å². The van der Waals surface area contributed by atoms with Gasteiger partial charge in [0, 0.05) is 28.9 Å². The molecule has 0 fully saturated rings. The Balaban J connectivity index is 1.61. The average molecular weight is 368 g/mol. The zero-order valence-electron chi connectivity index (χ0n) is 14.3. The maximum absolute atomic E-state index is 12.0. The minimum absolute atomic E-state index is 0.0148. The number of amides is 2. The molecule has 0 saturated carbocycles. The maximum Gasteiger partial charge on any atom is 0.411 e. The van der Waals surface area contributed by atoms with Gasteiger partial charge in [0.15, 0.2) is 0 Å². The number of anilines is 2. The molecular formula is C19H16N2O6. The smallest absolute Gasteiger partial charge is 0.411 e. The third-order valence-electron chi connectivity index (χ3n) is 3.77. The monoisotopic (exact) mass is 368 g/mol. The SMILES string of the molecule is Cc1cc(=O)oc2cc(NC(=O)OCc3ccc(NC(=O)O)cc3)ccc12. The molecule has 0 radical (unpaired) electrons. The molecule has 0 spiro atoms. The van der Waals surface area contributed by atoms with Crippen molar-refractivity contribution in [2.75, 3.05) is 10.6 Å². The van der Waals surface area contributed by atoms with E-state index in [4.69, 9.17) is 14.3 Å². The lowest BCUT2D eigenvalue weighted by Gasteiger charge is -2.09. The summed E-state index contributed by atoms with van der Waals surface area (Å²) < 4.78 is 10.3. The molecule has 138 valence electrons. The van der Waals surface area contributed by atoms with E-state index in [2.05, 4.69) is 10.6 Å². The zero-order chi connectivity index (χ0) is 19.4. The summed E-state index contributed by atoms with van der Waals surface area (Å²) in [7, 11) is 0. The first kappa shape index (κ1) is 18.0. The van der Waals surface area contributed by atoms with Crippen molar-refractivity contribution in [3.8, 4) is 0 Å². The largest absolute Gasteiger partial charge is 0.465 e. The van der Waals surface area contributed by atoms with Crippen LogP contribution in [0, 0.1) is 6.92 Å². The van der Waals surface area contributed by atoms with Crippen molar-refractivity contribution in [1.82, 2.24) is 0 Å². The van der Waals surface area contributed by atoms with E-state index in [0.717, 1.165) is 10.9 Å². The second-order valence-electron chi connectivity index (χ2n) is 5.79. The van der Waals surface area contributed by atoms with E-state index in [1.54, 1.807) is 49.4 Å². The van der Waals surface area contributed by atoms with E-state index in [-0.39, 0.29) is 6.61 Å². The molecule has 3 N–H and O–H groups in total. The predicted octanol–water partition coefficient (Wildman–Crippen LogP) is 3.94. The molecule has 8 heteroatoms. The van der Waals surface area contributed by atoms with E-state index in [0.29, 0.717) is 22.5 Å². The van der Waals surface area contributed by atoms with Gasteiger partial charge < -0.3 is 14.3 Å². The van der Waals surface area contributed by atoms with Crippen LogP contribution in [0.2, 0.25) is 0 Å². The summed E-state index contributed by atoms with van der Waals surface area (Å²) in [5.41, 5.74) is 2.25. The molecule has 1 aromatic heterocycles. The number of benzene rings is 2. The van der Waals surface area contributed by atoms with Crippen molar-refractivity contribution in [2.24, 2.45) is 0 Å². The van der Waals surface area contributed by atoms with Crippen molar-refractivity contribution in [3.63, 3.8) is 0 Å². The van der Waals surface area contributed by atoms with Crippen LogP contribution in [0.3, 0.4) is 0 Å². The number of carbonyl (C=O) groups is 2. The first-order chi connectivity index (χ1) is 12.9. The minimum Gasteiger partial charge on any atom is -0.465 e. The van der Waals surface area contributed by atoms with Crippen molar-refractivity contribution < 1.29 is 23.8 Å². The van der Waals surface area contributed by atoms with E-state index in [9.17, 15) is 14.4 Å². The molecule has 2 aromatic carbocycles. The lowest BCUT2D eigenvalue weighted by atomic mass is 10.1. The lowest BCUT2D eigenvalue weighted by Crippen LogP contribution is -2.13. The summed E-state index contributed by atoms with van der Waals surface area (Å²) in [5.74, 6) is 0. The van der Waals surface area contributed by atoms with Gasteiger partial charge in [0.05, 0.1) is 0 Å². The van der Waals surface area contributed by atoms with Crippen molar-refractivity contribution in [2.45, 2.75) is 13.5 Å². The highest BCUT2D eigenvalue weighted by atomic mass is 16.5. The highest BCUT2D eigenvalue weighted by molar-refractivity contribution is 5.89. The van der Waals surface area contributed by atoms with E-state index < -0.39 is 17.8 Å². The maximum atomic E-state index is 12.0. The molecular weight excluding hydrogens is 352 g/mol. The van der Waals surface area contributed by atoms with Gasteiger partial charge in [-0.25, -0.2) is 14.4 Å². The van der Waals surface area contributed by atoms with Crippen LogP contribution < -0.4 is 16.3 Å². The van der Waals surface area contributed by atoms with Gasteiger partial charge in [-0.15, -0.1) is 0 Å². The highest BCUT2D eigenvalue weighted by Crippen LogP contribution is 2.21. The molecule has 0 atom stereocenters. The molecule has 27 heavy (non-hydrogen) atoms. The van der Waals surface area contributed by atoms with Crippen molar-refractivity contribution in [3.05, 3.63) is 70.1 Å². The normalized spacial score (nSPS) is 10.4. The number of aryl methyl sites for hydroxylation is 1. The zero-order valence-corrected chi connectivity index (χ0v) is 14.3. The average Bonchev–Trinajstić information content (AvgIpc) is 2.60. The number of hydrogen-bond donors (Lipinski definition) is 3. The topological polar surface area (TPSA) is 118 Å². The van der Waals surface area contributed by atoms with Crippen molar-refractivity contribution in [1.29, 1.82) is 0 Å². The minimum atomic E-state index is -1.15. The van der Waals surface area contributed by atoms with E-state index in [1.807, 2.05) is 0 Å². The Morgan fingerprint density at radius 2 is 1.74 bits per heavy atom. The third-order valence-corrected chi connectivity index (χ3v) is 3.77. The number of carbonyl (C=O) groups excluding carboxylic acids is 1. The summed E-state index contributed by atoms with van der Waals surface area (Å²) >= 11 is 0. The quantitative estimate of drug-likeness (QED) is 0.600. The number of nitrogens with one attached hydrogen (secondary N) is 2. The number of ether oxygens (including phenoxy) is 1. The van der Waals surface area contributed by atoms with Crippen LogP contribution in [0.25, 0.3) is 11.0 Å². The number of fused-ring (bicyclic) bond motifs is 1. The molecule has 0 saturated heterocycles.